The Morgan fingerprint density at radius 2 is 2.00 bits per heavy atom. The summed E-state index contributed by atoms with van der Waals surface area (Å²) in [5.41, 5.74) is 3.21. The average molecular weight is 299 g/mol. The van der Waals surface area contributed by atoms with Crippen LogP contribution in [0.15, 0.2) is 24.3 Å². The molecule has 1 aromatic carbocycles. The number of methoxy groups -OCH3 is 1. The van der Waals surface area contributed by atoms with Gasteiger partial charge in [-0.2, -0.15) is 0 Å². The fourth-order valence-electron chi connectivity index (χ4n) is 2.88. The zero-order valence-electron chi connectivity index (χ0n) is 12.6. The fraction of sp³-hybridized carbons (Fsp3) is 0.353. The number of carbonyl (C=O) groups is 2. The zero-order valence-corrected chi connectivity index (χ0v) is 12.6. The fourth-order valence-corrected chi connectivity index (χ4v) is 2.88. The number of hydrogen-bond donors (Lipinski definition) is 0. The number of ether oxygens (including phenoxy) is 2. The van der Waals surface area contributed by atoms with Crippen molar-refractivity contribution in [3.8, 4) is 0 Å². The smallest absolute Gasteiger partial charge is 0.346 e. The SMILES string of the molecule is COC(=O)[C@H](C)OC(=O)c1c2c(nc3ccccc13)CCC2. The molecule has 0 saturated carbocycles. The molecule has 1 aromatic heterocycles. The van der Waals surface area contributed by atoms with E-state index in [1.165, 1.54) is 14.0 Å². The molecule has 1 heterocycles. The van der Waals surface area contributed by atoms with Gasteiger partial charge in [0, 0.05) is 11.1 Å². The van der Waals surface area contributed by atoms with Gasteiger partial charge in [0.15, 0.2) is 6.10 Å². The molecule has 114 valence electrons. The lowest BCUT2D eigenvalue weighted by molar-refractivity contribution is -0.149. The standard InChI is InChI=1S/C17H17NO4/c1-10(16(19)21-2)22-17(20)15-11-6-3-4-8-13(11)18-14-9-5-7-12(14)15/h3-4,6,8,10H,5,7,9H2,1-2H3/t10-/m0/s1. The summed E-state index contributed by atoms with van der Waals surface area (Å²) >= 11 is 0. The summed E-state index contributed by atoms with van der Waals surface area (Å²) < 4.78 is 9.88. The predicted octanol–water partition coefficient (Wildman–Crippen LogP) is 2.44. The summed E-state index contributed by atoms with van der Waals surface area (Å²) in [5, 5.41) is 0.769. The normalized spacial score (nSPS) is 14.5. The van der Waals surface area contributed by atoms with Crippen LogP contribution in [0.5, 0.6) is 0 Å². The third-order valence-corrected chi connectivity index (χ3v) is 3.94. The van der Waals surface area contributed by atoms with E-state index in [-0.39, 0.29) is 0 Å². The number of rotatable bonds is 3. The highest BCUT2D eigenvalue weighted by Gasteiger charge is 2.27. The maximum absolute atomic E-state index is 12.6. The quantitative estimate of drug-likeness (QED) is 0.814. The van der Waals surface area contributed by atoms with Gasteiger partial charge in [-0.25, -0.2) is 9.59 Å². The van der Waals surface area contributed by atoms with E-state index in [2.05, 4.69) is 9.72 Å². The molecule has 0 bridgehead atoms. The largest absolute Gasteiger partial charge is 0.466 e. The summed E-state index contributed by atoms with van der Waals surface area (Å²) in [7, 11) is 1.27. The van der Waals surface area contributed by atoms with Gasteiger partial charge in [0.05, 0.1) is 18.2 Å². The third kappa shape index (κ3) is 2.43. The van der Waals surface area contributed by atoms with Crippen molar-refractivity contribution in [1.29, 1.82) is 0 Å². The van der Waals surface area contributed by atoms with E-state index >= 15 is 0 Å². The number of pyridine rings is 1. The van der Waals surface area contributed by atoms with Crippen molar-refractivity contribution in [3.05, 3.63) is 41.1 Å². The van der Waals surface area contributed by atoms with Crippen LogP contribution in [0.25, 0.3) is 10.9 Å². The molecule has 5 heteroatoms. The van der Waals surface area contributed by atoms with Gasteiger partial charge in [0.2, 0.25) is 0 Å². The predicted molar refractivity (Wildman–Crippen MR) is 80.7 cm³/mol. The van der Waals surface area contributed by atoms with E-state index < -0.39 is 18.0 Å². The molecule has 3 rings (SSSR count). The molecule has 5 nitrogen and oxygen atoms in total. The van der Waals surface area contributed by atoms with Crippen LogP contribution in [0, 0.1) is 0 Å². The second-order valence-corrected chi connectivity index (χ2v) is 5.35. The van der Waals surface area contributed by atoms with Gasteiger partial charge in [-0.15, -0.1) is 0 Å². The highest BCUT2D eigenvalue weighted by molar-refractivity contribution is 6.05. The van der Waals surface area contributed by atoms with E-state index in [9.17, 15) is 9.59 Å². The van der Waals surface area contributed by atoms with Gasteiger partial charge >= 0.3 is 11.9 Å². The Kier molecular flexibility index (Phi) is 3.79. The molecule has 1 aliphatic carbocycles. The first-order chi connectivity index (χ1) is 10.6. The minimum atomic E-state index is -0.929. The Labute approximate surface area is 128 Å². The maximum atomic E-state index is 12.6. The molecule has 1 atom stereocenters. The Balaban J connectivity index is 2.06. The van der Waals surface area contributed by atoms with Gasteiger partial charge in [-0.1, -0.05) is 18.2 Å². The molecule has 0 N–H and O–H groups in total. The molecule has 1 aliphatic rings. The van der Waals surface area contributed by atoms with E-state index in [1.807, 2.05) is 24.3 Å². The van der Waals surface area contributed by atoms with Crippen LogP contribution in [0.3, 0.4) is 0 Å². The monoisotopic (exact) mass is 299 g/mol. The van der Waals surface area contributed by atoms with Crippen LogP contribution < -0.4 is 0 Å². The van der Waals surface area contributed by atoms with Crippen LogP contribution >= 0.6 is 0 Å². The maximum Gasteiger partial charge on any atom is 0.346 e. The number of aryl methyl sites for hydroxylation is 1. The Morgan fingerprint density at radius 1 is 1.23 bits per heavy atom. The number of esters is 2. The van der Waals surface area contributed by atoms with Crippen molar-refractivity contribution in [1.82, 2.24) is 4.98 Å². The number of para-hydroxylation sites is 1. The molecule has 22 heavy (non-hydrogen) atoms. The lowest BCUT2D eigenvalue weighted by Gasteiger charge is -2.15. The van der Waals surface area contributed by atoms with Crippen LogP contribution in [-0.4, -0.2) is 30.1 Å². The topological polar surface area (TPSA) is 65.5 Å². The second kappa shape index (κ2) is 5.75. The van der Waals surface area contributed by atoms with Crippen molar-refractivity contribution in [2.45, 2.75) is 32.3 Å². The molecule has 0 unspecified atom stereocenters. The van der Waals surface area contributed by atoms with Gasteiger partial charge in [-0.05, 0) is 37.8 Å². The highest BCUT2D eigenvalue weighted by Crippen LogP contribution is 2.30. The summed E-state index contributed by atoms with van der Waals surface area (Å²) in [4.78, 5) is 28.7. The van der Waals surface area contributed by atoms with Gasteiger partial charge in [0.25, 0.3) is 0 Å². The Hall–Kier alpha value is -2.43. The van der Waals surface area contributed by atoms with Crippen molar-refractivity contribution >= 4 is 22.8 Å². The molecular weight excluding hydrogens is 282 g/mol. The number of carbonyl (C=O) groups excluding carboxylic acids is 2. The number of aromatic nitrogens is 1. The van der Waals surface area contributed by atoms with E-state index in [4.69, 9.17) is 4.74 Å². The molecule has 2 aromatic rings. The third-order valence-electron chi connectivity index (χ3n) is 3.94. The number of hydrogen-bond acceptors (Lipinski definition) is 5. The summed E-state index contributed by atoms with van der Waals surface area (Å²) in [6.07, 6.45) is 1.73. The Morgan fingerprint density at radius 3 is 2.77 bits per heavy atom. The minimum absolute atomic E-state index is 0.491. The molecule has 0 amide bonds. The number of fused-ring (bicyclic) bond motifs is 2. The first kappa shape index (κ1) is 14.5. The van der Waals surface area contributed by atoms with Crippen LogP contribution in [0.2, 0.25) is 0 Å². The van der Waals surface area contributed by atoms with E-state index in [0.717, 1.165) is 41.4 Å². The van der Waals surface area contributed by atoms with Crippen molar-refractivity contribution in [2.24, 2.45) is 0 Å². The second-order valence-electron chi connectivity index (χ2n) is 5.35. The Bertz CT molecular complexity index is 754. The lowest BCUT2D eigenvalue weighted by Crippen LogP contribution is -2.26. The molecule has 0 aliphatic heterocycles. The number of nitrogens with zero attached hydrogens (tertiary/aromatic N) is 1. The van der Waals surface area contributed by atoms with Crippen molar-refractivity contribution in [2.75, 3.05) is 7.11 Å². The van der Waals surface area contributed by atoms with E-state index in [0.29, 0.717) is 5.56 Å². The van der Waals surface area contributed by atoms with Gasteiger partial charge in [-0.3, -0.25) is 4.98 Å². The zero-order chi connectivity index (χ0) is 15.7. The van der Waals surface area contributed by atoms with Crippen LogP contribution in [-0.2, 0) is 27.1 Å². The summed E-state index contributed by atoms with van der Waals surface area (Å²) in [6.45, 7) is 1.51. The van der Waals surface area contributed by atoms with Crippen molar-refractivity contribution in [3.63, 3.8) is 0 Å². The van der Waals surface area contributed by atoms with E-state index in [1.54, 1.807) is 0 Å². The summed E-state index contributed by atoms with van der Waals surface area (Å²) in [5.74, 6) is -1.06. The molecule has 0 fully saturated rings. The van der Waals surface area contributed by atoms with Gasteiger partial charge < -0.3 is 9.47 Å². The molecular formula is C17H17NO4. The van der Waals surface area contributed by atoms with Crippen LogP contribution in [0.4, 0.5) is 0 Å². The first-order valence-corrected chi connectivity index (χ1v) is 7.31. The first-order valence-electron chi connectivity index (χ1n) is 7.31. The van der Waals surface area contributed by atoms with Crippen molar-refractivity contribution < 1.29 is 19.1 Å². The minimum Gasteiger partial charge on any atom is -0.466 e. The van der Waals surface area contributed by atoms with Crippen LogP contribution in [0.1, 0.15) is 35.0 Å². The highest BCUT2D eigenvalue weighted by atomic mass is 16.6. The number of benzene rings is 1. The average Bonchev–Trinajstić information content (AvgIpc) is 2.99. The molecule has 0 spiro atoms. The summed E-state index contributed by atoms with van der Waals surface area (Å²) in [6, 6.07) is 7.50. The molecule has 0 radical (unpaired) electrons. The molecule has 0 saturated heterocycles. The van der Waals surface area contributed by atoms with Gasteiger partial charge in [0.1, 0.15) is 0 Å². The lowest BCUT2D eigenvalue weighted by atomic mass is 10.0.